The molecule has 0 bridgehead atoms. The van der Waals surface area contributed by atoms with E-state index in [0.717, 1.165) is 32.3 Å². The van der Waals surface area contributed by atoms with E-state index in [9.17, 15) is 8.78 Å². The van der Waals surface area contributed by atoms with E-state index in [-0.39, 0.29) is 18.8 Å². The molecular weight excluding hydrogens is 202 g/mol. The topological polar surface area (TPSA) is 18.5 Å². The van der Waals surface area contributed by atoms with Crippen molar-refractivity contribution in [1.29, 1.82) is 0 Å². The molecule has 1 aliphatic carbocycles. The van der Waals surface area contributed by atoms with Crippen LogP contribution in [0.1, 0.15) is 26.2 Å². The van der Waals surface area contributed by atoms with Gasteiger partial charge >= 0.3 is 0 Å². The van der Waals surface area contributed by atoms with Crippen molar-refractivity contribution in [2.24, 2.45) is 0 Å². The van der Waals surface area contributed by atoms with Gasteiger partial charge < -0.3 is 9.47 Å². The summed E-state index contributed by atoms with van der Waals surface area (Å²) in [4.78, 5) is 0. The Morgan fingerprint density at radius 3 is 2.60 bits per heavy atom. The average molecular weight is 220 g/mol. The van der Waals surface area contributed by atoms with Crippen LogP contribution in [0, 0.1) is 0 Å². The lowest BCUT2D eigenvalue weighted by Gasteiger charge is -2.17. The van der Waals surface area contributed by atoms with Crippen LogP contribution in [0.25, 0.3) is 0 Å². The van der Waals surface area contributed by atoms with Crippen LogP contribution in [-0.2, 0) is 9.47 Å². The summed E-state index contributed by atoms with van der Waals surface area (Å²) in [5.74, 6) is -2.75. The molecule has 1 rings (SSSR count). The van der Waals surface area contributed by atoms with E-state index in [0.29, 0.717) is 0 Å². The van der Waals surface area contributed by atoms with Gasteiger partial charge in [0.25, 0.3) is 5.92 Å². The Hall–Kier alpha value is -0.480. The molecule has 2 nitrogen and oxygen atoms in total. The van der Waals surface area contributed by atoms with Crippen molar-refractivity contribution in [2.75, 3.05) is 13.7 Å². The molecule has 0 heterocycles. The predicted octanol–water partition coefficient (Wildman–Crippen LogP) is 2.78. The number of halogens is 2. The molecule has 4 heteroatoms. The van der Waals surface area contributed by atoms with Gasteiger partial charge in [-0.3, -0.25) is 0 Å². The molecule has 1 fully saturated rings. The highest BCUT2D eigenvalue weighted by atomic mass is 19.3. The van der Waals surface area contributed by atoms with Gasteiger partial charge in [0.2, 0.25) is 0 Å². The Labute approximate surface area is 89.3 Å². The highest BCUT2D eigenvalue weighted by Crippen LogP contribution is 2.24. The molecule has 2 atom stereocenters. The van der Waals surface area contributed by atoms with E-state index >= 15 is 0 Å². The van der Waals surface area contributed by atoms with Gasteiger partial charge in [0, 0.05) is 14.0 Å². The lowest BCUT2D eigenvalue weighted by atomic mass is 10.2. The molecule has 0 saturated heterocycles. The van der Waals surface area contributed by atoms with Crippen molar-refractivity contribution >= 4 is 0 Å². The largest absolute Gasteiger partial charge is 0.379 e. The Morgan fingerprint density at radius 2 is 2.00 bits per heavy atom. The summed E-state index contributed by atoms with van der Waals surface area (Å²) in [6.07, 6.45) is 5.45. The Kier molecular flexibility index (Phi) is 4.67. The molecule has 0 spiro atoms. The van der Waals surface area contributed by atoms with E-state index < -0.39 is 5.92 Å². The van der Waals surface area contributed by atoms with Crippen molar-refractivity contribution in [1.82, 2.24) is 0 Å². The summed E-state index contributed by atoms with van der Waals surface area (Å²) in [5.41, 5.74) is 0. The third-order valence-electron chi connectivity index (χ3n) is 2.51. The first-order valence-electron chi connectivity index (χ1n) is 5.23. The molecule has 15 heavy (non-hydrogen) atoms. The third kappa shape index (κ3) is 4.71. The molecule has 88 valence electrons. The average Bonchev–Trinajstić information content (AvgIpc) is 2.58. The molecule has 1 aliphatic rings. The summed E-state index contributed by atoms with van der Waals surface area (Å²) in [5, 5.41) is 0. The van der Waals surface area contributed by atoms with Crippen LogP contribution in [0.5, 0.6) is 0 Å². The van der Waals surface area contributed by atoms with Gasteiger partial charge in [-0.25, -0.2) is 8.78 Å². The lowest BCUT2D eigenvalue weighted by molar-refractivity contribution is -0.0289. The third-order valence-corrected chi connectivity index (χ3v) is 2.51. The maximum Gasteiger partial charge on any atom is 0.263 e. The molecule has 0 radical (unpaired) electrons. The fourth-order valence-corrected chi connectivity index (χ4v) is 1.79. The van der Waals surface area contributed by atoms with Crippen LogP contribution in [0.2, 0.25) is 0 Å². The van der Waals surface area contributed by atoms with Gasteiger partial charge in [-0.1, -0.05) is 6.08 Å². The first-order chi connectivity index (χ1) is 7.03. The van der Waals surface area contributed by atoms with Crippen molar-refractivity contribution in [2.45, 2.75) is 44.3 Å². The van der Waals surface area contributed by atoms with Crippen LogP contribution in [-0.4, -0.2) is 31.8 Å². The maximum atomic E-state index is 12.4. The number of hydrogen-bond donors (Lipinski definition) is 0. The second-order valence-electron chi connectivity index (χ2n) is 3.94. The molecule has 0 amide bonds. The van der Waals surface area contributed by atoms with Gasteiger partial charge in [0.1, 0.15) is 0 Å². The quantitative estimate of drug-likeness (QED) is 0.663. The first-order valence-corrected chi connectivity index (χ1v) is 5.23. The summed E-state index contributed by atoms with van der Waals surface area (Å²) >= 11 is 0. The highest BCUT2D eigenvalue weighted by molar-refractivity contribution is 4.92. The minimum atomic E-state index is -2.75. The van der Waals surface area contributed by atoms with Crippen molar-refractivity contribution < 1.29 is 18.3 Å². The van der Waals surface area contributed by atoms with E-state index in [1.54, 1.807) is 7.11 Å². The molecule has 0 N–H and O–H groups in total. The summed E-state index contributed by atoms with van der Waals surface area (Å²) in [6, 6.07) is 0. The van der Waals surface area contributed by atoms with Gasteiger partial charge in [-0.2, -0.15) is 0 Å². The van der Waals surface area contributed by atoms with E-state index in [4.69, 9.17) is 9.47 Å². The second kappa shape index (κ2) is 5.56. The molecule has 0 aromatic rings. The standard InChI is InChI=1S/C11H18F2O2/c1-11(12,13)7-4-8-15-10-6-3-5-9(10)14-2/h4,7,9-10H,3,5-6,8H2,1-2H3. The molecule has 0 aliphatic heterocycles. The summed E-state index contributed by atoms with van der Waals surface area (Å²) < 4.78 is 35.5. The second-order valence-corrected chi connectivity index (χ2v) is 3.94. The monoisotopic (exact) mass is 220 g/mol. The zero-order valence-electron chi connectivity index (χ0n) is 9.21. The molecule has 0 aromatic heterocycles. The zero-order valence-corrected chi connectivity index (χ0v) is 9.21. The minimum Gasteiger partial charge on any atom is -0.379 e. The van der Waals surface area contributed by atoms with E-state index in [1.165, 1.54) is 6.08 Å². The van der Waals surface area contributed by atoms with Crippen LogP contribution in [0.3, 0.4) is 0 Å². The Balaban J connectivity index is 2.22. The minimum absolute atomic E-state index is 0.0603. The molecule has 1 saturated carbocycles. The normalized spacial score (nSPS) is 27.7. The van der Waals surface area contributed by atoms with Crippen molar-refractivity contribution in [3.8, 4) is 0 Å². The van der Waals surface area contributed by atoms with Crippen molar-refractivity contribution in [3.05, 3.63) is 12.2 Å². The van der Waals surface area contributed by atoms with Crippen molar-refractivity contribution in [3.63, 3.8) is 0 Å². The number of ether oxygens (including phenoxy) is 2. The summed E-state index contributed by atoms with van der Waals surface area (Å²) in [7, 11) is 1.66. The fraction of sp³-hybridized carbons (Fsp3) is 0.818. The number of methoxy groups -OCH3 is 1. The van der Waals surface area contributed by atoms with Crippen LogP contribution in [0.15, 0.2) is 12.2 Å². The number of alkyl halides is 2. The lowest BCUT2D eigenvalue weighted by Crippen LogP contribution is -2.25. The smallest absolute Gasteiger partial charge is 0.263 e. The number of hydrogen-bond acceptors (Lipinski definition) is 2. The molecular formula is C11H18F2O2. The van der Waals surface area contributed by atoms with Gasteiger partial charge in [-0.15, -0.1) is 0 Å². The van der Waals surface area contributed by atoms with E-state index in [1.807, 2.05) is 0 Å². The highest BCUT2D eigenvalue weighted by Gasteiger charge is 2.27. The zero-order chi connectivity index (χ0) is 11.3. The molecule has 0 aromatic carbocycles. The van der Waals surface area contributed by atoms with Gasteiger partial charge in [-0.05, 0) is 25.3 Å². The van der Waals surface area contributed by atoms with Crippen LogP contribution >= 0.6 is 0 Å². The fourth-order valence-electron chi connectivity index (χ4n) is 1.79. The number of rotatable bonds is 5. The SMILES string of the molecule is COC1CCCC1OCC=CC(C)(F)F. The first kappa shape index (κ1) is 12.6. The maximum absolute atomic E-state index is 12.4. The van der Waals surface area contributed by atoms with Gasteiger partial charge in [0.15, 0.2) is 0 Å². The molecule has 2 unspecified atom stereocenters. The van der Waals surface area contributed by atoms with E-state index in [2.05, 4.69) is 0 Å². The summed E-state index contributed by atoms with van der Waals surface area (Å²) in [6.45, 7) is 1.09. The Morgan fingerprint density at radius 1 is 1.33 bits per heavy atom. The Bertz CT molecular complexity index is 211. The van der Waals surface area contributed by atoms with Crippen LogP contribution in [0.4, 0.5) is 8.78 Å². The van der Waals surface area contributed by atoms with Gasteiger partial charge in [0.05, 0.1) is 18.8 Å². The number of allylic oxidation sites excluding steroid dienone is 1. The predicted molar refractivity (Wildman–Crippen MR) is 54.1 cm³/mol. The van der Waals surface area contributed by atoms with Crippen LogP contribution < -0.4 is 0 Å².